The molecular formula is C17H16N4OS. The van der Waals surface area contributed by atoms with Crippen molar-refractivity contribution in [3.63, 3.8) is 0 Å². The summed E-state index contributed by atoms with van der Waals surface area (Å²) in [5.74, 6) is 2.74. The molecule has 0 saturated carbocycles. The zero-order valence-corrected chi connectivity index (χ0v) is 13.9. The van der Waals surface area contributed by atoms with Crippen LogP contribution in [0.25, 0.3) is 27.4 Å². The van der Waals surface area contributed by atoms with Crippen LogP contribution in [-0.2, 0) is 6.42 Å². The molecule has 0 aliphatic heterocycles. The van der Waals surface area contributed by atoms with Crippen LogP contribution in [0.2, 0.25) is 0 Å². The van der Waals surface area contributed by atoms with E-state index in [0.29, 0.717) is 17.5 Å². The predicted molar refractivity (Wildman–Crippen MR) is 90.0 cm³/mol. The highest BCUT2D eigenvalue weighted by molar-refractivity contribution is 7.19. The molecule has 116 valence electrons. The van der Waals surface area contributed by atoms with Crippen molar-refractivity contribution in [1.82, 2.24) is 19.6 Å². The van der Waals surface area contributed by atoms with Crippen molar-refractivity contribution in [2.45, 2.75) is 39.0 Å². The summed E-state index contributed by atoms with van der Waals surface area (Å²) in [5, 5.41) is 5.80. The minimum absolute atomic E-state index is 0.560. The molecule has 0 bridgehead atoms. The Morgan fingerprint density at radius 1 is 1.35 bits per heavy atom. The van der Waals surface area contributed by atoms with Gasteiger partial charge in [-0.15, -0.1) is 16.4 Å². The van der Waals surface area contributed by atoms with E-state index in [0.717, 1.165) is 22.7 Å². The van der Waals surface area contributed by atoms with Gasteiger partial charge in [-0.3, -0.25) is 0 Å². The van der Waals surface area contributed by atoms with Gasteiger partial charge in [-0.05, 0) is 49.8 Å². The molecule has 5 rings (SSSR count). The van der Waals surface area contributed by atoms with Crippen molar-refractivity contribution < 1.29 is 4.42 Å². The first-order valence-electron chi connectivity index (χ1n) is 7.95. The van der Waals surface area contributed by atoms with E-state index in [4.69, 9.17) is 14.4 Å². The van der Waals surface area contributed by atoms with Crippen LogP contribution in [0.4, 0.5) is 0 Å². The minimum Gasteiger partial charge on any atom is -0.461 e. The average Bonchev–Trinajstić information content (AvgIpc) is 3.24. The van der Waals surface area contributed by atoms with E-state index < -0.39 is 0 Å². The van der Waals surface area contributed by atoms with E-state index in [2.05, 4.69) is 12.0 Å². The lowest BCUT2D eigenvalue weighted by Gasteiger charge is -2.18. The molecule has 0 fully saturated rings. The first kappa shape index (κ1) is 13.2. The maximum Gasteiger partial charge on any atom is 0.217 e. The molecule has 6 heteroatoms. The summed E-state index contributed by atoms with van der Waals surface area (Å²) in [6.07, 6.45) is 5.31. The Balaban J connectivity index is 1.89. The van der Waals surface area contributed by atoms with E-state index in [1.54, 1.807) is 6.26 Å². The second-order valence-corrected chi connectivity index (χ2v) is 7.30. The van der Waals surface area contributed by atoms with Gasteiger partial charge in [0, 0.05) is 4.88 Å². The van der Waals surface area contributed by atoms with Crippen molar-refractivity contribution >= 4 is 27.2 Å². The molecule has 0 N–H and O–H groups in total. The standard InChI is InChI=1S/C17H16N4OS/c1-9-5-3-7-12-13(9)14-16-19-15(11-6-4-8-22-11)20-21(16)10(2)18-17(14)23-12/h4,6,8-9H,3,5,7H2,1-2H3/t9-/m0/s1. The van der Waals surface area contributed by atoms with Crippen molar-refractivity contribution in [2.24, 2.45) is 0 Å². The minimum atomic E-state index is 0.560. The van der Waals surface area contributed by atoms with Gasteiger partial charge in [-0.25, -0.2) is 9.97 Å². The summed E-state index contributed by atoms with van der Waals surface area (Å²) >= 11 is 1.82. The summed E-state index contributed by atoms with van der Waals surface area (Å²) < 4.78 is 7.32. The second-order valence-electron chi connectivity index (χ2n) is 6.22. The van der Waals surface area contributed by atoms with Crippen molar-refractivity contribution in [1.29, 1.82) is 0 Å². The van der Waals surface area contributed by atoms with Crippen LogP contribution < -0.4 is 0 Å². The maximum absolute atomic E-state index is 5.46. The zero-order chi connectivity index (χ0) is 15.6. The van der Waals surface area contributed by atoms with E-state index in [1.165, 1.54) is 28.7 Å². The molecule has 1 aliphatic carbocycles. The van der Waals surface area contributed by atoms with Gasteiger partial charge in [0.15, 0.2) is 11.4 Å². The molecule has 0 unspecified atom stereocenters. The summed E-state index contributed by atoms with van der Waals surface area (Å²) in [6, 6.07) is 3.75. The number of rotatable bonds is 1. The molecule has 0 saturated heterocycles. The van der Waals surface area contributed by atoms with Crippen LogP contribution in [0.15, 0.2) is 22.8 Å². The summed E-state index contributed by atoms with van der Waals surface area (Å²) in [4.78, 5) is 12.1. The highest BCUT2D eigenvalue weighted by Gasteiger charge is 2.26. The predicted octanol–water partition coefficient (Wildman–Crippen LogP) is 4.35. The fourth-order valence-electron chi connectivity index (χ4n) is 3.60. The van der Waals surface area contributed by atoms with Crippen LogP contribution in [0, 0.1) is 6.92 Å². The number of hydrogen-bond donors (Lipinski definition) is 0. The highest BCUT2D eigenvalue weighted by atomic mass is 32.1. The molecule has 4 aromatic rings. The smallest absolute Gasteiger partial charge is 0.217 e. The quantitative estimate of drug-likeness (QED) is 0.522. The van der Waals surface area contributed by atoms with Crippen molar-refractivity contribution in [3.05, 3.63) is 34.7 Å². The Morgan fingerprint density at radius 2 is 2.26 bits per heavy atom. The second kappa shape index (κ2) is 4.64. The third kappa shape index (κ3) is 1.81. The van der Waals surface area contributed by atoms with Gasteiger partial charge < -0.3 is 4.42 Å². The number of aryl methyl sites for hydroxylation is 2. The number of nitrogens with zero attached hydrogens (tertiary/aromatic N) is 4. The van der Waals surface area contributed by atoms with Gasteiger partial charge in [-0.2, -0.15) is 4.52 Å². The van der Waals surface area contributed by atoms with Crippen LogP contribution in [0.1, 0.15) is 41.9 Å². The normalized spacial score (nSPS) is 17.9. The molecule has 0 aromatic carbocycles. The van der Waals surface area contributed by atoms with E-state index in [9.17, 15) is 0 Å². The summed E-state index contributed by atoms with van der Waals surface area (Å²) in [7, 11) is 0. The summed E-state index contributed by atoms with van der Waals surface area (Å²) in [6.45, 7) is 4.29. The molecule has 0 radical (unpaired) electrons. The average molecular weight is 324 g/mol. The van der Waals surface area contributed by atoms with Crippen LogP contribution >= 0.6 is 11.3 Å². The summed E-state index contributed by atoms with van der Waals surface area (Å²) in [5.41, 5.74) is 2.34. The lowest BCUT2D eigenvalue weighted by atomic mass is 9.87. The number of hydrogen-bond acceptors (Lipinski definition) is 5. The van der Waals surface area contributed by atoms with Gasteiger partial charge >= 0.3 is 0 Å². The molecule has 0 spiro atoms. The van der Waals surface area contributed by atoms with Crippen LogP contribution in [0.5, 0.6) is 0 Å². The number of fused-ring (bicyclic) bond motifs is 5. The molecule has 1 atom stereocenters. The fraction of sp³-hybridized carbons (Fsp3) is 0.353. The van der Waals surface area contributed by atoms with Gasteiger partial charge in [0.05, 0.1) is 11.6 Å². The molecular weight excluding hydrogens is 308 g/mol. The first-order valence-corrected chi connectivity index (χ1v) is 8.76. The third-order valence-electron chi connectivity index (χ3n) is 4.68. The van der Waals surface area contributed by atoms with Crippen LogP contribution in [-0.4, -0.2) is 19.6 Å². The zero-order valence-electron chi connectivity index (χ0n) is 13.0. The van der Waals surface area contributed by atoms with E-state index >= 15 is 0 Å². The number of aromatic nitrogens is 4. The Labute approximate surface area is 137 Å². The molecule has 23 heavy (non-hydrogen) atoms. The Bertz CT molecular complexity index is 1030. The Hall–Kier alpha value is -2.21. The SMILES string of the molecule is Cc1nc2sc3c(c2c2nc(-c4ccco4)nn12)[C@@H](C)CCC3. The van der Waals surface area contributed by atoms with Crippen molar-refractivity contribution in [2.75, 3.05) is 0 Å². The third-order valence-corrected chi connectivity index (χ3v) is 5.84. The number of furan rings is 1. The number of thiophene rings is 1. The van der Waals surface area contributed by atoms with Crippen molar-refractivity contribution in [3.8, 4) is 11.6 Å². The molecule has 0 amide bonds. The molecule has 1 aliphatic rings. The van der Waals surface area contributed by atoms with Gasteiger partial charge in [0.2, 0.25) is 5.82 Å². The molecule has 4 aromatic heterocycles. The van der Waals surface area contributed by atoms with Gasteiger partial charge in [0.25, 0.3) is 0 Å². The first-order chi connectivity index (χ1) is 11.2. The fourth-order valence-corrected chi connectivity index (χ4v) is 4.97. The highest BCUT2D eigenvalue weighted by Crippen LogP contribution is 2.43. The van der Waals surface area contributed by atoms with E-state index in [1.807, 2.05) is 34.9 Å². The lowest BCUT2D eigenvalue weighted by molar-refractivity contribution is 0.577. The Morgan fingerprint density at radius 3 is 3.09 bits per heavy atom. The Kier molecular flexibility index (Phi) is 2.68. The largest absolute Gasteiger partial charge is 0.461 e. The maximum atomic E-state index is 5.46. The van der Waals surface area contributed by atoms with Gasteiger partial charge in [0.1, 0.15) is 10.7 Å². The topological polar surface area (TPSA) is 56.2 Å². The molecule has 4 heterocycles. The van der Waals surface area contributed by atoms with Gasteiger partial charge in [-0.1, -0.05) is 6.92 Å². The van der Waals surface area contributed by atoms with Crippen LogP contribution in [0.3, 0.4) is 0 Å². The van der Waals surface area contributed by atoms with E-state index in [-0.39, 0.29) is 0 Å². The molecule has 5 nitrogen and oxygen atoms in total. The monoisotopic (exact) mass is 324 g/mol. The lowest BCUT2D eigenvalue weighted by Crippen LogP contribution is -2.05.